The molecule has 2 aromatic carbocycles. The first-order chi connectivity index (χ1) is 27.1. The molecule has 0 radical (unpaired) electrons. The minimum absolute atomic E-state index is 0.0825. The van der Waals surface area contributed by atoms with Gasteiger partial charge in [-0.15, -0.1) is 11.3 Å². The SMILES string of the molecule is CC(C)(C)OC(=O)Nc1sc2c(F)ccc(-c3c(C(F)(F)F)cc4c(N5CC6CCC(C5)N6C(=O)OC(C)(C)C)nc(OCC5(CO)COC5)nc4c3F)c2c1C#N. The third kappa shape index (κ3) is 7.76. The van der Waals surface area contributed by atoms with Gasteiger partial charge < -0.3 is 29.0 Å². The van der Waals surface area contributed by atoms with Gasteiger partial charge in [-0.05, 0) is 72.1 Å². The van der Waals surface area contributed by atoms with Crippen molar-refractivity contribution in [2.75, 3.05) is 49.7 Å². The Labute approximate surface area is 333 Å². The van der Waals surface area contributed by atoms with Crippen molar-refractivity contribution >= 4 is 55.3 Å². The number of nitriles is 1. The number of amides is 2. The summed E-state index contributed by atoms with van der Waals surface area (Å²) in [7, 11) is 0. The quantitative estimate of drug-likeness (QED) is 0.174. The Morgan fingerprint density at radius 1 is 1.05 bits per heavy atom. The predicted molar refractivity (Wildman–Crippen MR) is 203 cm³/mol. The standard InChI is InChI=1S/C39H41F5N6O7S/c1-36(2,3)56-34(52)48-32-23(12-45)26-21(9-10-25(40)30(26)58-32)27-24(39(42,43)44)11-22-29(28(27)41)46-33(55-18-38(15-51)16-54-17-38)47-31(22)49-13-19-7-8-20(14-49)50(19)35(53)57-37(4,5)6/h9-11,19-20,51H,7-8,13-18H2,1-6H3,(H,48,52). The van der Waals surface area contributed by atoms with Gasteiger partial charge in [-0.25, -0.2) is 18.4 Å². The molecular weight excluding hydrogens is 792 g/mol. The number of ether oxygens (including phenoxy) is 4. The van der Waals surface area contributed by atoms with Gasteiger partial charge in [-0.2, -0.15) is 28.4 Å². The Bertz CT molecular complexity index is 2330. The van der Waals surface area contributed by atoms with Gasteiger partial charge in [0.05, 0.1) is 53.1 Å². The van der Waals surface area contributed by atoms with Crippen molar-refractivity contribution in [3.8, 4) is 23.2 Å². The number of thiophene rings is 1. The summed E-state index contributed by atoms with van der Waals surface area (Å²) in [4.78, 5) is 38.0. The van der Waals surface area contributed by atoms with Crippen LogP contribution in [-0.2, 0) is 20.4 Å². The molecule has 3 aliphatic heterocycles. The molecule has 2 bridgehead atoms. The van der Waals surface area contributed by atoms with Gasteiger partial charge in [0.25, 0.3) is 0 Å². The average Bonchev–Trinajstić information content (AvgIpc) is 3.60. The lowest BCUT2D eigenvalue weighted by atomic mass is 9.88. The third-order valence-corrected chi connectivity index (χ3v) is 11.1. The lowest BCUT2D eigenvalue weighted by Crippen LogP contribution is -2.57. The zero-order chi connectivity index (χ0) is 42.1. The number of nitrogens with zero attached hydrogens (tertiary/aromatic N) is 5. The number of carbonyl (C=O) groups excluding carboxylic acids is 2. The van der Waals surface area contributed by atoms with Crippen molar-refractivity contribution in [2.24, 2.45) is 5.41 Å². The summed E-state index contributed by atoms with van der Waals surface area (Å²) in [5.74, 6) is -2.46. The second kappa shape index (κ2) is 14.6. The molecule has 3 fully saturated rings. The number of carbonyl (C=O) groups is 2. The van der Waals surface area contributed by atoms with Crippen LogP contribution in [0.25, 0.3) is 32.1 Å². The Balaban J connectivity index is 1.41. The highest BCUT2D eigenvalue weighted by Gasteiger charge is 2.46. The van der Waals surface area contributed by atoms with E-state index < -0.39 is 92.5 Å². The van der Waals surface area contributed by atoms with Crippen LogP contribution in [0.4, 0.5) is 42.4 Å². The fourth-order valence-corrected chi connectivity index (χ4v) is 8.54. The number of piperazine rings is 1. The van der Waals surface area contributed by atoms with Crippen LogP contribution in [0.1, 0.15) is 65.5 Å². The van der Waals surface area contributed by atoms with Crippen LogP contribution in [-0.4, -0.2) is 95.0 Å². The van der Waals surface area contributed by atoms with E-state index in [1.54, 1.807) is 51.3 Å². The summed E-state index contributed by atoms with van der Waals surface area (Å²) >= 11 is 0.582. The first-order valence-electron chi connectivity index (χ1n) is 18.5. The number of nitrogens with one attached hydrogen (secondary N) is 1. The van der Waals surface area contributed by atoms with Gasteiger partial charge in [-0.1, -0.05) is 6.07 Å². The number of hydrogen-bond acceptors (Lipinski definition) is 12. The number of hydrogen-bond donors (Lipinski definition) is 2. The van der Waals surface area contributed by atoms with E-state index in [1.165, 1.54) is 0 Å². The Kier molecular flexibility index (Phi) is 10.4. The fraction of sp³-hybridized carbons (Fsp3) is 0.513. The highest BCUT2D eigenvalue weighted by atomic mass is 32.1. The smallest absolute Gasteiger partial charge is 0.417 e. The maximum absolute atomic E-state index is 17.4. The van der Waals surface area contributed by atoms with E-state index in [1.807, 2.05) is 6.07 Å². The molecule has 2 aromatic heterocycles. The van der Waals surface area contributed by atoms with Crippen LogP contribution in [0.2, 0.25) is 0 Å². The molecular formula is C39H41F5N6O7S. The fourth-order valence-electron chi connectivity index (χ4n) is 7.47. The van der Waals surface area contributed by atoms with Gasteiger partial charge in [0, 0.05) is 29.4 Å². The number of halogens is 5. The van der Waals surface area contributed by atoms with Gasteiger partial charge >= 0.3 is 24.4 Å². The molecule has 13 nitrogen and oxygen atoms in total. The molecule has 58 heavy (non-hydrogen) atoms. The summed E-state index contributed by atoms with van der Waals surface area (Å²) in [6.45, 7) is 10.1. The molecule has 310 valence electrons. The van der Waals surface area contributed by atoms with Gasteiger partial charge in [0.2, 0.25) is 0 Å². The molecule has 4 aromatic rings. The summed E-state index contributed by atoms with van der Waals surface area (Å²) in [6, 6.07) is 3.15. The molecule has 2 unspecified atom stereocenters. The van der Waals surface area contributed by atoms with Crippen LogP contribution in [0, 0.1) is 28.4 Å². The summed E-state index contributed by atoms with van der Waals surface area (Å²) < 4.78 is 100. The van der Waals surface area contributed by atoms with Crippen molar-refractivity contribution in [3.05, 3.63) is 41.0 Å². The van der Waals surface area contributed by atoms with Crippen LogP contribution in [0.3, 0.4) is 0 Å². The number of alkyl halides is 3. The lowest BCUT2D eigenvalue weighted by Gasteiger charge is -2.42. The van der Waals surface area contributed by atoms with Gasteiger partial charge in [0.15, 0.2) is 5.82 Å². The Morgan fingerprint density at radius 3 is 2.26 bits per heavy atom. The molecule has 2 atom stereocenters. The van der Waals surface area contributed by atoms with Crippen molar-refractivity contribution < 1.29 is 55.6 Å². The maximum Gasteiger partial charge on any atom is 0.417 e. The number of aromatic nitrogens is 2. The van der Waals surface area contributed by atoms with Crippen molar-refractivity contribution in [3.63, 3.8) is 0 Å². The van der Waals surface area contributed by atoms with Gasteiger partial charge in [0.1, 0.15) is 46.0 Å². The molecule has 3 aliphatic rings. The Morgan fingerprint density at radius 2 is 1.71 bits per heavy atom. The van der Waals surface area contributed by atoms with E-state index in [4.69, 9.17) is 18.9 Å². The number of benzene rings is 2. The maximum atomic E-state index is 17.4. The topological polar surface area (TPSA) is 159 Å². The average molecular weight is 833 g/mol. The highest BCUT2D eigenvalue weighted by Crippen LogP contribution is 2.49. The monoisotopic (exact) mass is 832 g/mol. The second-order valence-electron chi connectivity index (χ2n) is 16.8. The zero-order valence-electron chi connectivity index (χ0n) is 32.5. The summed E-state index contributed by atoms with van der Waals surface area (Å²) in [5, 5.41) is 21.8. The molecule has 2 N–H and O–H groups in total. The molecule has 2 amide bonds. The highest BCUT2D eigenvalue weighted by molar-refractivity contribution is 7.23. The largest absolute Gasteiger partial charge is 0.463 e. The number of fused-ring (bicyclic) bond motifs is 4. The minimum Gasteiger partial charge on any atom is -0.463 e. The lowest BCUT2D eigenvalue weighted by molar-refractivity contribution is -0.154. The van der Waals surface area contributed by atoms with E-state index in [-0.39, 0.29) is 65.8 Å². The second-order valence-corrected chi connectivity index (χ2v) is 17.8. The molecule has 3 saturated heterocycles. The van der Waals surface area contributed by atoms with Crippen molar-refractivity contribution in [2.45, 2.75) is 83.8 Å². The minimum atomic E-state index is -5.20. The molecule has 0 aliphatic carbocycles. The molecule has 5 heterocycles. The van der Waals surface area contributed by atoms with Crippen LogP contribution in [0.5, 0.6) is 6.01 Å². The first-order valence-corrected chi connectivity index (χ1v) is 19.3. The van der Waals surface area contributed by atoms with E-state index in [0.29, 0.717) is 24.2 Å². The van der Waals surface area contributed by atoms with Crippen molar-refractivity contribution in [1.82, 2.24) is 14.9 Å². The zero-order valence-corrected chi connectivity index (χ0v) is 33.3. The van der Waals surface area contributed by atoms with Gasteiger partial charge in [-0.3, -0.25) is 10.2 Å². The van der Waals surface area contributed by atoms with Crippen LogP contribution < -0.4 is 15.0 Å². The number of rotatable bonds is 7. The molecule has 7 rings (SSSR count). The summed E-state index contributed by atoms with van der Waals surface area (Å²) in [5.41, 5.74) is -6.47. The van der Waals surface area contributed by atoms with Crippen molar-refractivity contribution in [1.29, 1.82) is 5.26 Å². The molecule has 0 spiro atoms. The third-order valence-electron chi connectivity index (χ3n) is 10.0. The number of aliphatic hydroxyl groups is 1. The van der Waals surface area contributed by atoms with E-state index >= 15 is 22.0 Å². The van der Waals surface area contributed by atoms with Crippen LogP contribution in [0.15, 0.2) is 18.2 Å². The number of anilines is 2. The van der Waals surface area contributed by atoms with E-state index in [0.717, 1.165) is 18.2 Å². The predicted octanol–water partition coefficient (Wildman–Crippen LogP) is 8.00. The van der Waals surface area contributed by atoms with E-state index in [2.05, 4.69) is 15.3 Å². The number of aliphatic hydroxyl groups excluding tert-OH is 1. The molecule has 19 heteroatoms. The normalized spacial score (nSPS) is 19.2. The molecule has 0 saturated carbocycles. The summed E-state index contributed by atoms with van der Waals surface area (Å²) in [6.07, 6.45) is -5.58. The Hall–Kier alpha value is -5.06. The first kappa shape index (κ1) is 41.1. The van der Waals surface area contributed by atoms with Crippen LogP contribution >= 0.6 is 11.3 Å². The van der Waals surface area contributed by atoms with E-state index in [9.17, 15) is 20.0 Å².